The molecule has 1 rings (SSSR count). The Hall–Kier alpha value is -0.700. The molecule has 0 unspecified atom stereocenters. The van der Waals surface area contributed by atoms with Crippen molar-refractivity contribution >= 4 is 0 Å². The lowest BCUT2D eigenvalue weighted by Crippen LogP contribution is -2.35. The van der Waals surface area contributed by atoms with Crippen LogP contribution in [0, 0.1) is 10.8 Å². The molecule has 0 fully saturated rings. The molecule has 0 spiro atoms. The van der Waals surface area contributed by atoms with Gasteiger partial charge in [0.25, 0.3) is 0 Å². The molecule has 1 aliphatic rings. The zero-order valence-electron chi connectivity index (χ0n) is 9.50. The zero-order chi connectivity index (χ0) is 10.3. The second-order valence-corrected chi connectivity index (χ2v) is 5.62. The van der Waals surface area contributed by atoms with E-state index in [1.165, 1.54) is 11.4 Å². The van der Waals surface area contributed by atoms with Crippen LogP contribution in [0.4, 0.5) is 0 Å². The van der Waals surface area contributed by atoms with Gasteiger partial charge < -0.3 is 10.9 Å². The van der Waals surface area contributed by atoms with Gasteiger partial charge in [-0.2, -0.15) is 5.53 Å². The second-order valence-electron chi connectivity index (χ2n) is 5.62. The largest absolute Gasteiger partial charge is 0.306 e. The average molecular weight is 183 g/mol. The molecule has 3 nitrogen and oxygen atoms in total. The maximum atomic E-state index is 3.17. The number of hydrazine groups is 2. The van der Waals surface area contributed by atoms with Crippen molar-refractivity contribution in [2.45, 2.75) is 41.5 Å². The van der Waals surface area contributed by atoms with Gasteiger partial charge in [-0.05, 0) is 0 Å². The Morgan fingerprint density at radius 2 is 1.00 bits per heavy atom. The highest BCUT2D eigenvalue weighted by molar-refractivity contribution is 5.23. The fraction of sp³-hybridized carbons (Fsp3) is 0.800. The van der Waals surface area contributed by atoms with Gasteiger partial charge in [0.2, 0.25) is 0 Å². The first-order valence-corrected chi connectivity index (χ1v) is 4.75. The Labute approximate surface area is 80.9 Å². The Kier molecular flexibility index (Phi) is 2.32. The van der Waals surface area contributed by atoms with Gasteiger partial charge in [0, 0.05) is 10.8 Å². The summed E-state index contributed by atoms with van der Waals surface area (Å²) in [7, 11) is 0. The molecule has 0 saturated carbocycles. The summed E-state index contributed by atoms with van der Waals surface area (Å²) in [4.78, 5) is 0. The SMILES string of the molecule is CC(C)(C)C1=C(C(C)(C)C)NNN1. The van der Waals surface area contributed by atoms with Crippen molar-refractivity contribution in [3.05, 3.63) is 11.4 Å². The average Bonchev–Trinajstić information content (AvgIpc) is 2.27. The van der Waals surface area contributed by atoms with Crippen LogP contribution in [0.2, 0.25) is 0 Å². The number of nitrogens with one attached hydrogen (secondary N) is 3. The molecular formula is C10H21N3. The van der Waals surface area contributed by atoms with Crippen molar-refractivity contribution in [1.29, 1.82) is 0 Å². The third kappa shape index (κ3) is 2.15. The van der Waals surface area contributed by atoms with Crippen LogP contribution in [0.25, 0.3) is 0 Å². The van der Waals surface area contributed by atoms with Gasteiger partial charge in [0.05, 0.1) is 11.4 Å². The van der Waals surface area contributed by atoms with Crippen LogP contribution in [0.15, 0.2) is 11.4 Å². The van der Waals surface area contributed by atoms with Gasteiger partial charge in [-0.3, -0.25) is 0 Å². The van der Waals surface area contributed by atoms with Crippen LogP contribution in [0.3, 0.4) is 0 Å². The lowest BCUT2D eigenvalue weighted by Gasteiger charge is -2.26. The van der Waals surface area contributed by atoms with Gasteiger partial charge in [-0.1, -0.05) is 41.5 Å². The summed E-state index contributed by atoms with van der Waals surface area (Å²) in [6.07, 6.45) is 0. The van der Waals surface area contributed by atoms with Crippen molar-refractivity contribution < 1.29 is 0 Å². The third-order valence-electron chi connectivity index (χ3n) is 2.12. The lowest BCUT2D eigenvalue weighted by molar-refractivity contribution is 0.432. The second kappa shape index (κ2) is 2.91. The van der Waals surface area contributed by atoms with Crippen molar-refractivity contribution in [3.63, 3.8) is 0 Å². The minimum Gasteiger partial charge on any atom is -0.306 e. The van der Waals surface area contributed by atoms with Gasteiger partial charge in [0.1, 0.15) is 0 Å². The minimum absolute atomic E-state index is 0.152. The number of allylic oxidation sites excluding steroid dienone is 2. The van der Waals surface area contributed by atoms with Crippen molar-refractivity contribution in [1.82, 2.24) is 16.4 Å². The smallest absolute Gasteiger partial charge is 0.0541 e. The van der Waals surface area contributed by atoms with E-state index >= 15 is 0 Å². The van der Waals surface area contributed by atoms with Gasteiger partial charge in [-0.25, -0.2) is 0 Å². The molecule has 0 aromatic heterocycles. The molecule has 13 heavy (non-hydrogen) atoms. The summed E-state index contributed by atoms with van der Waals surface area (Å²) in [5.74, 6) is 0. The third-order valence-corrected chi connectivity index (χ3v) is 2.12. The fourth-order valence-electron chi connectivity index (χ4n) is 1.41. The molecule has 0 bridgehead atoms. The van der Waals surface area contributed by atoms with E-state index in [-0.39, 0.29) is 10.8 Å². The Bertz CT molecular complexity index is 204. The van der Waals surface area contributed by atoms with Crippen molar-refractivity contribution in [3.8, 4) is 0 Å². The fourth-order valence-corrected chi connectivity index (χ4v) is 1.41. The van der Waals surface area contributed by atoms with Crippen LogP contribution in [-0.2, 0) is 0 Å². The topological polar surface area (TPSA) is 36.1 Å². The van der Waals surface area contributed by atoms with E-state index in [0.29, 0.717) is 0 Å². The standard InChI is InChI=1S/C10H21N3/c1-9(2,3)7-8(10(4,5)6)12-13-11-7/h11-13H,1-6H3. The van der Waals surface area contributed by atoms with E-state index in [1.54, 1.807) is 0 Å². The van der Waals surface area contributed by atoms with E-state index in [4.69, 9.17) is 0 Å². The summed E-state index contributed by atoms with van der Waals surface area (Å²) in [6, 6.07) is 0. The highest BCUT2D eigenvalue weighted by Crippen LogP contribution is 2.34. The number of hydrogen-bond donors (Lipinski definition) is 3. The summed E-state index contributed by atoms with van der Waals surface area (Å²) in [6.45, 7) is 13.2. The molecule has 1 heterocycles. The molecular weight excluding hydrogens is 162 g/mol. The highest BCUT2D eigenvalue weighted by Gasteiger charge is 2.31. The van der Waals surface area contributed by atoms with Gasteiger partial charge in [-0.15, -0.1) is 0 Å². The molecule has 3 N–H and O–H groups in total. The van der Waals surface area contributed by atoms with Gasteiger partial charge >= 0.3 is 0 Å². The molecule has 0 atom stereocenters. The molecule has 0 aromatic rings. The van der Waals surface area contributed by atoms with E-state index in [0.717, 1.165) is 0 Å². The van der Waals surface area contributed by atoms with Crippen LogP contribution in [0.5, 0.6) is 0 Å². The van der Waals surface area contributed by atoms with Gasteiger partial charge in [0.15, 0.2) is 0 Å². The predicted molar refractivity (Wildman–Crippen MR) is 55.3 cm³/mol. The summed E-state index contributed by atoms with van der Waals surface area (Å²) >= 11 is 0. The van der Waals surface area contributed by atoms with E-state index < -0.39 is 0 Å². The first-order chi connectivity index (χ1) is 5.73. The molecule has 3 heteroatoms. The monoisotopic (exact) mass is 183 g/mol. The molecule has 1 aliphatic heterocycles. The molecule has 76 valence electrons. The Balaban J connectivity index is 3.04. The molecule has 0 radical (unpaired) electrons. The van der Waals surface area contributed by atoms with Crippen molar-refractivity contribution in [2.24, 2.45) is 10.8 Å². The minimum atomic E-state index is 0.152. The quantitative estimate of drug-likeness (QED) is 0.537. The predicted octanol–water partition coefficient (Wildman–Crippen LogP) is 1.90. The highest BCUT2D eigenvalue weighted by atomic mass is 15.6. The number of hydrogen-bond acceptors (Lipinski definition) is 3. The first kappa shape index (κ1) is 10.4. The zero-order valence-corrected chi connectivity index (χ0v) is 9.50. The van der Waals surface area contributed by atoms with Crippen LogP contribution >= 0.6 is 0 Å². The maximum Gasteiger partial charge on any atom is 0.0541 e. The summed E-state index contributed by atoms with van der Waals surface area (Å²) in [5.41, 5.74) is 12.1. The van der Waals surface area contributed by atoms with E-state index in [9.17, 15) is 0 Å². The first-order valence-electron chi connectivity index (χ1n) is 4.75. The Morgan fingerprint density at radius 3 is 1.23 bits per heavy atom. The molecule has 0 aliphatic carbocycles. The molecule has 0 aromatic carbocycles. The van der Waals surface area contributed by atoms with E-state index in [1.807, 2.05) is 0 Å². The van der Waals surface area contributed by atoms with E-state index in [2.05, 4.69) is 57.9 Å². The Morgan fingerprint density at radius 1 is 0.692 bits per heavy atom. The summed E-state index contributed by atoms with van der Waals surface area (Å²) < 4.78 is 0. The number of rotatable bonds is 0. The summed E-state index contributed by atoms with van der Waals surface area (Å²) in [5, 5.41) is 0. The van der Waals surface area contributed by atoms with Crippen LogP contribution in [-0.4, -0.2) is 0 Å². The normalized spacial score (nSPS) is 18.6. The lowest BCUT2D eigenvalue weighted by atomic mass is 9.83. The van der Waals surface area contributed by atoms with Crippen LogP contribution in [0.1, 0.15) is 41.5 Å². The molecule has 0 amide bonds. The van der Waals surface area contributed by atoms with Crippen molar-refractivity contribution in [2.75, 3.05) is 0 Å². The van der Waals surface area contributed by atoms with Crippen LogP contribution < -0.4 is 16.4 Å². The molecule has 0 saturated heterocycles. The maximum absolute atomic E-state index is 3.17.